The summed E-state index contributed by atoms with van der Waals surface area (Å²) in [6.45, 7) is 1.36. The van der Waals surface area contributed by atoms with Gasteiger partial charge in [-0.3, -0.25) is 9.78 Å². The van der Waals surface area contributed by atoms with Gasteiger partial charge >= 0.3 is 0 Å². The molecule has 0 radical (unpaired) electrons. The van der Waals surface area contributed by atoms with Crippen molar-refractivity contribution >= 4 is 26.9 Å². The lowest BCUT2D eigenvalue weighted by atomic mass is 9.98. The van der Waals surface area contributed by atoms with E-state index in [1.54, 1.807) is 24.4 Å². The third-order valence-corrected chi connectivity index (χ3v) is 6.93. The van der Waals surface area contributed by atoms with Gasteiger partial charge in [0.25, 0.3) is 5.91 Å². The Morgan fingerprint density at radius 3 is 2.68 bits per heavy atom. The number of piperidine rings is 1. The molecule has 0 aliphatic carbocycles. The number of para-hydroxylation sites is 1. The van der Waals surface area contributed by atoms with Gasteiger partial charge in [-0.1, -0.05) is 18.2 Å². The number of aromatic nitrogens is 1. The summed E-state index contributed by atoms with van der Waals surface area (Å²) in [6.07, 6.45) is 4.31. The Morgan fingerprint density at radius 2 is 1.96 bits per heavy atom. The Hall–Kier alpha value is -2.71. The van der Waals surface area contributed by atoms with E-state index in [-0.39, 0.29) is 22.5 Å². The van der Waals surface area contributed by atoms with Gasteiger partial charge in [0.15, 0.2) is 5.76 Å². The molecule has 3 aromatic rings. The number of nitrogens with one attached hydrogen (secondary N) is 1. The average molecular weight is 399 g/mol. The lowest BCUT2D eigenvalue weighted by Crippen LogP contribution is -2.41. The zero-order chi connectivity index (χ0) is 19.6. The van der Waals surface area contributed by atoms with Crippen LogP contribution in [0.5, 0.6) is 0 Å². The summed E-state index contributed by atoms with van der Waals surface area (Å²) in [5.41, 5.74) is 0.682. The first-order chi connectivity index (χ1) is 13.5. The second-order valence-electron chi connectivity index (χ2n) is 6.89. The van der Waals surface area contributed by atoms with Gasteiger partial charge in [-0.05, 0) is 43.0 Å². The first-order valence-electron chi connectivity index (χ1n) is 9.21. The Morgan fingerprint density at radius 1 is 1.18 bits per heavy atom. The van der Waals surface area contributed by atoms with Gasteiger partial charge < -0.3 is 9.73 Å². The van der Waals surface area contributed by atoms with E-state index in [9.17, 15) is 13.2 Å². The summed E-state index contributed by atoms with van der Waals surface area (Å²) in [7, 11) is -3.51. The summed E-state index contributed by atoms with van der Waals surface area (Å²) in [6, 6.07) is 12.4. The molecule has 0 spiro atoms. The van der Waals surface area contributed by atoms with E-state index in [4.69, 9.17) is 4.42 Å². The summed E-state index contributed by atoms with van der Waals surface area (Å²) < 4.78 is 32.3. The van der Waals surface area contributed by atoms with Gasteiger partial charge in [0.2, 0.25) is 10.0 Å². The van der Waals surface area contributed by atoms with Crippen LogP contribution in [0.2, 0.25) is 0 Å². The Balaban J connectivity index is 1.31. The molecule has 1 amide bonds. The van der Waals surface area contributed by atoms with E-state index < -0.39 is 10.0 Å². The summed E-state index contributed by atoms with van der Waals surface area (Å²) >= 11 is 0. The molecule has 28 heavy (non-hydrogen) atoms. The van der Waals surface area contributed by atoms with Crippen LogP contribution >= 0.6 is 0 Å². The maximum Gasteiger partial charge on any atom is 0.287 e. The average Bonchev–Trinajstić information content (AvgIpc) is 3.17. The van der Waals surface area contributed by atoms with Gasteiger partial charge in [0.1, 0.15) is 10.5 Å². The van der Waals surface area contributed by atoms with Gasteiger partial charge in [-0.15, -0.1) is 0 Å². The van der Waals surface area contributed by atoms with Crippen LogP contribution in [0.15, 0.2) is 64.2 Å². The first-order valence-corrected chi connectivity index (χ1v) is 10.6. The van der Waals surface area contributed by atoms with Crippen molar-refractivity contribution in [2.45, 2.75) is 17.7 Å². The SMILES string of the molecule is O=C(NCC1CCN(S(=O)(=O)c2cccnc2)CC1)c1cc2ccccc2o1. The number of benzene rings is 1. The lowest BCUT2D eigenvalue weighted by molar-refractivity contribution is 0.0916. The van der Waals surface area contributed by atoms with E-state index in [1.165, 1.54) is 10.5 Å². The third-order valence-electron chi connectivity index (χ3n) is 5.05. The molecule has 1 fully saturated rings. The van der Waals surface area contributed by atoms with Crippen LogP contribution in [0.3, 0.4) is 0 Å². The molecular formula is C20H21N3O4S. The fourth-order valence-corrected chi connectivity index (χ4v) is 4.85. The van der Waals surface area contributed by atoms with E-state index in [2.05, 4.69) is 10.3 Å². The molecule has 1 aliphatic rings. The number of amides is 1. The van der Waals surface area contributed by atoms with Crippen LogP contribution in [-0.2, 0) is 10.0 Å². The number of furan rings is 1. The zero-order valence-electron chi connectivity index (χ0n) is 15.2. The zero-order valence-corrected chi connectivity index (χ0v) is 16.1. The molecule has 2 aromatic heterocycles. The molecule has 3 heterocycles. The molecule has 1 aromatic carbocycles. The molecule has 0 atom stereocenters. The Kier molecular flexibility index (Phi) is 5.15. The van der Waals surface area contributed by atoms with Crippen LogP contribution in [0.1, 0.15) is 23.4 Å². The van der Waals surface area contributed by atoms with Crippen LogP contribution in [0.25, 0.3) is 11.0 Å². The van der Waals surface area contributed by atoms with E-state index in [0.717, 1.165) is 5.39 Å². The number of hydrogen-bond donors (Lipinski definition) is 1. The van der Waals surface area contributed by atoms with Crippen LogP contribution in [0, 0.1) is 5.92 Å². The van der Waals surface area contributed by atoms with Crippen LogP contribution < -0.4 is 5.32 Å². The lowest BCUT2D eigenvalue weighted by Gasteiger charge is -2.31. The Labute approximate surface area is 163 Å². The molecule has 1 saturated heterocycles. The molecule has 0 bridgehead atoms. The van der Waals surface area contributed by atoms with Gasteiger partial charge in [-0.2, -0.15) is 4.31 Å². The van der Waals surface area contributed by atoms with Crippen molar-refractivity contribution < 1.29 is 17.6 Å². The highest BCUT2D eigenvalue weighted by Gasteiger charge is 2.29. The van der Waals surface area contributed by atoms with Crippen molar-refractivity contribution in [2.75, 3.05) is 19.6 Å². The largest absolute Gasteiger partial charge is 0.451 e. The van der Waals surface area contributed by atoms with Crippen LogP contribution in [0.4, 0.5) is 0 Å². The predicted octanol–water partition coefficient (Wildman–Crippen LogP) is 2.66. The fourth-order valence-electron chi connectivity index (χ4n) is 3.42. The highest BCUT2D eigenvalue weighted by atomic mass is 32.2. The standard InChI is InChI=1S/C20H21N3O4S/c24-20(19-12-16-4-1-2-6-18(16)27-19)22-13-15-7-10-23(11-8-15)28(25,26)17-5-3-9-21-14-17/h1-6,9,12,14-15H,7-8,10-11,13H2,(H,22,24). The fraction of sp³-hybridized carbons (Fsp3) is 0.300. The number of hydrogen-bond acceptors (Lipinski definition) is 5. The van der Waals surface area contributed by atoms with Crippen molar-refractivity contribution in [3.8, 4) is 0 Å². The normalized spacial score (nSPS) is 16.3. The molecule has 1 aliphatic heterocycles. The van der Waals surface area contributed by atoms with E-state index in [0.29, 0.717) is 38.1 Å². The molecule has 4 rings (SSSR count). The predicted molar refractivity (Wildman–Crippen MR) is 104 cm³/mol. The molecule has 0 saturated carbocycles. The number of rotatable bonds is 5. The monoisotopic (exact) mass is 399 g/mol. The van der Waals surface area contributed by atoms with E-state index >= 15 is 0 Å². The highest BCUT2D eigenvalue weighted by molar-refractivity contribution is 7.89. The smallest absolute Gasteiger partial charge is 0.287 e. The van der Waals surface area contributed by atoms with E-state index in [1.807, 2.05) is 24.3 Å². The van der Waals surface area contributed by atoms with Gasteiger partial charge in [-0.25, -0.2) is 8.42 Å². The Bertz CT molecular complexity index is 1040. The molecular weight excluding hydrogens is 378 g/mol. The maximum atomic E-state index is 12.6. The number of pyridine rings is 1. The second-order valence-corrected chi connectivity index (χ2v) is 8.83. The van der Waals surface area contributed by atoms with Crippen molar-refractivity contribution in [1.82, 2.24) is 14.6 Å². The summed E-state index contributed by atoms with van der Waals surface area (Å²) in [5, 5.41) is 3.79. The summed E-state index contributed by atoms with van der Waals surface area (Å²) in [4.78, 5) is 16.5. The minimum atomic E-state index is -3.51. The minimum Gasteiger partial charge on any atom is -0.451 e. The number of carbonyl (C=O) groups excluding carboxylic acids is 1. The molecule has 0 unspecified atom stereocenters. The molecule has 146 valence electrons. The first kappa shape index (κ1) is 18.6. The van der Waals surface area contributed by atoms with Gasteiger partial charge in [0.05, 0.1) is 0 Å². The summed E-state index contributed by atoms with van der Waals surface area (Å²) in [5.74, 6) is 0.271. The second kappa shape index (κ2) is 7.73. The quantitative estimate of drug-likeness (QED) is 0.712. The molecule has 1 N–H and O–H groups in total. The number of fused-ring (bicyclic) bond motifs is 1. The molecule has 7 nitrogen and oxygen atoms in total. The number of nitrogens with zero attached hydrogens (tertiary/aromatic N) is 2. The minimum absolute atomic E-state index is 0.214. The number of carbonyl (C=O) groups is 1. The highest BCUT2D eigenvalue weighted by Crippen LogP contribution is 2.23. The van der Waals surface area contributed by atoms with Crippen molar-refractivity contribution in [3.05, 3.63) is 60.6 Å². The van der Waals surface area contributed by atoms with Crippen LogP contribution in [-0.4, -0.2) is 43.2 Å². The van der Waals surface area contributed by atoms with Crippen molar-refractivity contribution in [1.29, 1.82) is 0 Å². The maximum absolute atomic E-state index is 12.6. The molecule has 8 heteroatoms. The van der Waals surface area contributed by atoms with Crippen molar-refractivity contribution in [2.24, 2.45) is 5.92 Å². The number of sulfonamides is 1. The van der Waals surface area contributed by atoms with Gasteiger partial charge in [0, 0.05) is 37.4 Å². The third kappa shape index (κ3) is 3.79. The van der Waals surface area contributed by atoms with Crippen molar-refractivity contribution in [3.63, 3.8) is 0 Å². The topological polar surface area (TPSA) is 92.5 Å².